The number of alkyl halides is 2. The highest BCUT2D eigenvalue weighted by atomic mass is 19.3. The van der Waals surface area contributed by atoms with Crippen molar-refractivity contribution >= 4 is 17.5 Å². The standard InChI is InChI=1S/C18H22F3N3O2/c19-15-5-4-13(24-8-1-3-17(24)25)11-14(15)18(26)23-7-2-6-22(9-10-23)12-16(20)21/h4-5,11,16H,1-3,6-10,12H2. The fraction of sp³-hybridized carbons (Fsp3) is 0.556. The summed E-state index contributed by atoms with van der Waals surface area (Å²) in [6.07, 6.45) is -0.660. The number of nitrogens with zero attached hydrogens (tertiary/aromatic N) is 3. The Hall–Kier alpha value is -2.09. The Morgan fingerprint density at radius 2 is 1.88 bits per heavy atom. The number of anilines is 1. The Bertz CT molecular complexity index is 684. The van der Waals surface area contributed by atoms with Gasteiger partial charge in [-0.05, 0) is 31.0 Å². The van der Waals surface area contributed by atoms with Gasteiger partial charge in [-0.1, -0.05) is 0 Å². The number of amides is 2. The Labute approximate surface area is 150 Å². The van der Waals surface area contributed by atoms with Gasteiger partial charge < -0.3 is 9.80 Å². The molecular weight excluding hydrogens is 347 g/mol. The third-order valence-corrected chi connectivity index (χ3v) is 4.84. The molecule has 1 aromatic carbocycles. The van der Waals surface area contributed by atoms with Gasteiger partial charge in [0.05, 0.1) is 12.1 Å². The van der Waals surface area contributed by atoms with Crippen LogP contribution in [-0.2, 0) is 4.79 Å². The molecule has 26 heavy (non-hydrogen) atoms. The highest BCUT2D eigenvalue weighted by Crippen LogP contribution is 2.25. The SMILES string of the molecule is O=C(c1cc(N2CCCC2=O)ccc1F)N1CCCN(CC(F)F)CC1. The van der Waals surface area contributed by atoms with E-state index in [1.54, 1.807) is 9.80 Å². The van der Waals surface area contributed by atoms with Crippen molar-refractivity contribution < 1.29 is 22.8 Å². The van der Waals surface area contributed by atoms with E-state index >= 15 is 0 Å². The molecule has 2 aliphatic heterocycles. The van der Waals surface area contributed by atoms with Gasteiger partial charge in [-0.2, -0.15) is 0 Å². The zero-order valence-electron chi connectivity index (χ0n) is 14.5. The van der Waals surface area contributed by atoms with Crippen LogP contribution in [0.1, 0.15) is 29.6 Å². The second-order valence-electron chi connectivity index (χ2n) is 6.65. The van der Waals surface area contributed by atoms with Crippen molar-refractivity contribution in [1.29, 1.82) is 0 Å². The Kier molecular flexibility index (Phi) is 5.80. The van der Waals surface area contributed by atoms with Crippen LogP contribution in [0, 0.1) is 5.82 Å². The van der Waals surface area contributed by atoms with E-state index in [2.05, 4.69) is 0 Å². The van der Waals surface area contributed by atoms with Gasteiger partial charge >= 0.3 is 0 Å². The summed E-state index contributed by atoms with van der Waals surface area (Å²) in [5, 5.41) is 0. The van der Waals surface area contributed by atoms with Crippen molar-refractivity contribution in [2.75, 3.05) is 44.2 Å². The van der Waals surface area contributed by atoms with E-state index in [0.717, 1.165) is 6.42 Å². The number of halogens is 3. The molecule has 0 aliphatic carbocycles. The molecule has 0 aromatic heterocycles. The predicted molar refractivity (Wildman–Crippen MR) is 91.0 cm³/mol. The third kappa shape index (κ3) is 4.17. The highest BCUT2D eigenvalue weighted by molar-refractivity contribution is 5.99. The molecule has 2 saturated heterocycles. The van der Waals surface area contributed by atoms with Crippen LogP contribution < -0.4 is 4.90 Å². The second-order valence-corrected chi connectivity index (χ2v) is 6.65. The lowest BCUT2D eigenvalue weighted by atomic mass is 10.1. The summed E-state index contributed by atoms with van der Waals surface area (Å²) >= 11 is 0. The molecule has 0 N–H and O–H groups in total. The van der Waals surface area contributed by atoms with Crippen LogP contribution in [0.3, 0.4) is 0 Å². The molecule has 2 fully saturated rings. The number of carbonyl (C=O) groups excluding carboxylic acids is 2. The van der Waals surface area contributed by atoms with Gasteiger partial charge in [0.15, 0.2) is 0 Å². The molecule has 1 aromatic rings. The normalized spacial score (nSPS) is 19.3. The van der Waals surface area contributed by atoms with Crippen LogP contribution in [0.25, 0.3) is 0 Å². The summed E-state index contributed by atoms with van der Waals surface area (Å²) in [4.78, 5) is 29.3. The lowest BCUT2D eigenvalue weighted by Crippen LogP contribution is -2.37. The van der Waals surface area contributed by atoms with Gasteiger partial charge in [-0.3, -0.25) is 14.5 Å². The summed E-state index contributed by atoms with van der Waals surface area (Å²) in [6.45, 7) is 1.73. The largest absolute Gasteiger partial charge is 0.337 e. The van der Waals surface area contributed by atoms with Gasteiger partial charge in [0.2, 0.25) is 5.91 Å². The number of benzene rings is 1. The third-order valence-electron chi connectivity index (χ3n) is 4.84. The quantitative estimate of drug-likeness (QED) is 0.819. The van der Waals surface area contributed by atoms with Crippen LogP contribution in [0.4, 0.5) is 18.9 Å². The molecule has 0 spiro atoms. The fourth-order valence-corrected chi connectivity index (χ4v) is 3.49. The minimum absolute atomic E-state index is 0.0348. The molecule has 0 saturated carbocycles. The van der Waals surface area contributed by atoms with Crippen molar-refractivity contribution in [2.24, 2.45) is 0 Å². The molecule has 2 amide bonds. The van der Waals surface area contributed by atoms with Crippen LogP contribution in [0.15, 0.2) is 18.2 Å². The molecule has 2 heterocycles. The van der Waals surface area contributed by atoms with Crippen LogP contribution in [-0.4, -0.2) is 67.3 Å². The molecule has 142 valence electrons. The maximum atomic E-state index is 14.2. The average molecular weight is 369 g/mol. The number of hydrogen-bond acceptors (Lipinski definition) is 3. The molecule has 0 atom stereocenters. The van der Waals surface area contributed by atoms with Crippen molar-refractivity contribution in [1.82, 2.24) is 9.80 Å². The Morgan fingerprint density at radius 1 is 1.08 bits per heavy atom. The summed E-state index contributed by atoms with van der Waals surface area (Å²) in [5.74, 6) is -1.14. The minimum Gasteiger partial charge on any atom is -0.337 e. The molecule has 0 bridgehead atoms. The lowest BCUT2D eigenvalue weighted by Gasteiger charge is -2.23. The minimum atomic E-state index is -2.41. The van der Waals surface area contributed by atoms with E-state index in [1.165, 1.54) is 23.1 Å². The van der Waals surface area contributed by atoms with E-state index in [-0.39, 0.29) is 24.6 Å². The molecule has 0 radical (unpaired) electrons. The monoisotopic (exact) mass is 369 g/mol. The van der Waals surface area contributed by atoms with E-state index in [9.17, 15) is 22.8 Å². The predicted octanol–water partition coefficient (Wildman–Crippen LogP) is 2.37. The Balaban J connectivity index is 1.73. The van der Waals surface area contributed by atoms with Gasteiger partial charge in [0.25, 0.3) is 12.3 Å². The first-order valence-electron chi connectivity index (χ1n) is 8.85. The van der Waals surface area contributed by atoms with Crippen molar-refractivity contribution in [2.45, 2.75) is 25.7 Å². The van der Waals surface area contributed by atoms with Gasteiger partial charge in [0.1, 0.15) is 5.82 Å². The van der Waals surface area contributed by atoms with Crippen molar-refractivity contribution in [3.63, 3.8) is 0 Å². The van der Waals surface area contributed by atoms with Gasteiger partial charge in [-0.15, -0.1) is 0 Å². The van der Waals surface area contributed by atoms with Crippen molar-refractivity contribution in [3.05, 3.63) is 29.6 Å². The summed E-state index contributed by atoms with van der Waals surface area (Å²) in [5.41, 5.74) is 0.441. The molecular formula is C18H22F3N3O2. The van der Waals surface area contributed by atoms with E-state index in [0.29, 0.717) is 44.7 Å². The maximum Gasteiger partial charge on any atom is 0.256 e. The molecule has 2 aliphatic rings. The summed E-state index contributed by atoms with van der Waals surface area (Å²) < 4.78 is 39.3. The summed E-state index contributed by atoms with van der Waals surface area (Å²) in [7, 11) is 0. The second kappa shape index (κ2) is 8.07. The average Bonchev–Trinajstić information content (AvgIpc) is 2.89. The molecule has 5 nitrogen and oxygen atoms in total. The first kappa shape index (κ1) is 18.7. The molecule has 0 unspecified atom stereocenters. The van der Waals surface area contributed by atoms with Crippen LogP contribution >= 0.6 is 0 Å². The zero-order valence-corrected chi connectivity index (χ0v) is 14.5. The van der Waals surface area contributed by atoms with Gasteiger partial charge in [0, 0.05) is 44.8 Å². The highest BCUT2D eigenvalue weighted by Gasteiger charge is 2.26. The lowest BCUT2D eigenvalue weighted by molar-refractivity contribution is -0.117. The van der Waals surface area contributed by atoms with Crippen LogP contribution in [0.2, 0.25) is 0 Å². The van der Waals surface area contributed by atoms with Crippen LogP contribution in [0.5, 0.6) is 0 Å². The topological polar surface area (TPSA) is 43.9 Å². The first-order valence-corrected chi connectivity index (χ1v) is 8.85. The first-order chi connectivity index (χ1) is 12.5. The fourth-order valence-electron chi connectivity index (χ4n) is 3.49. The van der Waals surface area contributed by atoms with E-state index in [1.807, 2.05) is 0 Å². The Morgan fingerprint density at radius 3 is 2.58 bits per heavy atom. The van der Waals surface area contributed by atoms with E-state index in [4.69, 9.17) is 0 Å². The molecule has 3 rings (SSSR count). The number of carbonyl (C=O) groups is 2. The van der Waals surface area contributed by atoms with E-state index < -0.39 is 18.1 Å². The summed E-state index contributed by atoms with van der Waals surface area (Å²) in [6, 6.07) is 4.12. The van der Waals surface area contributed by atoms with Gasteiger partial charge in [-0.25, -0.2) is 13.2 Å². The number of rotatable bonds is 4. The number of hydrogen-bond donors (Lipinski definition) is 0. The smallest absolute Gasteiger partial charge is 0.256 e. The van der Waals surface area contributed by atoms with Crippen molar-refractivity contribution in [3.8, 4) is 0 Å². The molecule has 8 heteroatoms. The maximum absolute atomic E-state index is 14.2. The zero-order chi connectivity index (χ0) is 18.7.